The van der Waals surface area contributed by atoms with Gasteiger partial charge in [-0.2, -0.15) is 0 Å². The van der Waals surface area contributed by atoms with E-state index in [1.807, 2.05) is 0 Å². The summed E-state index contributed by atoms with van der Waals surface area (Å²) >= 11 is 6.01. The van der Waals surface area contributed by atoms with E-state index in [0.717, 1.165) is 35.2 Å². The largest absolute Gasteiger partial charge is 0.505 e. The van der Waals surface area contributed by atoms with Crippen LogP contribution in [0.4, 0.5) is 37.2 Å². The van der Waals surface area contributed by atoms with Crippen LogP contribution in [0.3, 0.4) is 0 Å². The molecule has 2 aliphatic heterocycles. The van der Waals surface area contributed by atoms with Crippen LogP contribution in [0.5, 0.6) is 5.75 Å². The fraction of sp³-hybridized carbons (Fsp3) is 0.314. The van der Waals surface area contributed by atoms with E-state index < -0.39 is 97.2 Å². The number of nitrogens with zero attached hydrogens (tertiary/aromatic N) is 5. The van der Waals surface area contributed by atoms with Crippen LogP contribution >= 0.6 is 11.6 Å². The highest BCUT2D eigenvalue weighted by Crippen LogP contribution is 2.64. The van der Waals surface area contributed by atoms with Gasteiger partial charge in [-0.15, -0.1) is 0 Å². The minimum atomic E-state index is -1.67. The van der Waals surface area contributed by atoms with Gasteiger partial charge >= 0.3 is 11.4 Å². The molecule has 17 heteroatoms. The molecular formula is C35H28ClF2N5O9. The number of allylic oxidation sites excluding steroid dienone is 2. The van der Waals surface area contributed by atoms with E-state index in [9.17, 15) is 53.3 Å². The van der Waals surface area contributed by atoms with Gasteiger partial charge in [-0.05, 0) is 49.9 Å². The lowest BCUT2D eigenvalue weighted by molar-refractivity contribution is -0.392. The standard InChI is InChI=1S/C35H28ClF2N5O9/c1-35-21(32(46)41(34(35)48)15-7-10-23(37)22(36)11-15)14-20-17(28(35)19-5-4-6-24(38)30(19)44)8-9-18-27(20)33(47)40(31(18)45)16-12-25(42(49)50)29(39(2)3)26(13-16)43(51)52/h4-8,10-13,18,20-21,27-28,44H,9,14H2,1-3H3/t18-,20+,21-,27-,28+,35+/m0/s1. The Kier molecular flexibility index (Phi) is 7.93. The monoisotopic (exact) mass is 735 g/mol. The smallest absolute Gasteiger partial charge is 0.301 e. The van der Waals surface area contributed by atoms with E-state index in [4.69, 9.17) is 11.6 Å². The predicted molar refractivity (Wildman–Crippen MR) is 181 cm³/mol. The predicted octanol–water partition coefficient (Wildman–Crippen LogP) is 5.64. The molecule has 0 spiro atoms. The zero-order valence-corrected chi connectivity index (χ0v) is 28.3. The van der Waals surface area contributed by atoms with Gasteiger partial charge in [0.25, 0.3) is 0 Å². The van der Waals surface area contributed by atoms with Crippen molar-refractivity contribution in [1.29, 1.82) is 0 Å². The van der Waals surface area contributed by atoms with Gasteiger partial charge in [0, 0.05) is 37.7 Å². The number of rotatable bonds is 6. The van der Waals surface area contributed by atoms with Gasteiger partial charge in [-0.25, -0.2) is 18.6 Å². The first-order valence-corrected chi connectivity index (χ1v) is 16.4. The average molecular weight is 736 g/mol. The summed E-state index contributed by atoms with van der Waals surface area (Å²) in [5.74, 6) is -11.2. The molecule has 3 aromatic rings. The van der Waals surface area contributed by atoms with Crippen molar-refractivity contribution < 1.29 is 42.9 Å². The number of hydrogen-bond acceptors (Lipinski definition) is 10. The van der Waals surface area contributed by atoms with Gasteiger partial charge in [0.15, 0.2) is 17.3 Å². The summed E-state index contributed by atoms with van der Waals surface area (Å²) in [6.45, 7) is 1.50. The van der Waals surface area contributed by atoms with Crippen molar-refractivity contribution in [3.05, 3.63) is 103 Å². The molecule has 0 radical (unpaired) electrons. The Hall–Kier alpha value is -5.77. The second kappa shape index (κ2) is 11.9. The van der Waals surface area contributed by atoms with Crippen molar-refractivity contribution in [3.63, 3.8) is 0 Å². The lowest BCUT2D eigenvalue weighted by Crippen LogP contribution is -2.49. The lowest BCUT2D eigenvalue weighted by atomic mass is 9.51. The van der Waals surface area contributed by atoms with Gasteiger partial charge in [-0.1, -0.05) is 35.4 Å². The maximum Gasteiger partial charge on any atom is 0.301 e. The summed E-state index contributed by atoms with van der Waals surface area (Å²) in [4.78, 5) is 82.4. The van der Waals surface area contributed by atoms with Crippen LogP contribution < -0.4 is 14.7 Å². The number of hydrogen-bond donors (Lipinski definition) is 1. The molecular weight excluding hydrogens is 708 g/mol. The minimum Gasteiger partial charge on any atom is -0.505 e. The topological polar surface area (TPSA) is 185 Å². The Morgan fingerprint density at radius 2 is 1.54 bits per heavy atom. The number of aromatic hydroxyl groups is 1. The summed E-state index contributed by atoms with van der Waals surface area (Å²) in [6.07, 6.45) is 1.40. The molecule has 2 saturated heterocycles. The molecule has 4 aliphatic rings. The van der Waals surface area contributed by atoms with Crippen LogP contribution in [0, 0.1) is 60.9 Å². The number of para-hydroxylation sites is 1. The Labute approximate surface area is 298 Å². The maximum atomic E-state index is 15.0. The Balaban J connectivity index is 1.37. The number of phenols is 1. The Morgan fingerprint density at radius 1 is 0.885 bits per heavy atom. The molecule has 0 aromatic heterocycles. The molecule has 4 amide bonds. The highest BCUT2D eigenvalue weighted by atomic mass is 35.5. The van der Waals surface area contributed by atoms with Gasteiger partial charge in [0.1, 0.15) is 5.82 Å². The number of fused-ring (bicyclic) bond motifs is 4. The van der Waals surface area contributed by atoms with Crippen LogP contribution in [-0.4, -0.2) is 52.7 Å². The number of nitro groups is 2. The molecule has 1 N–H and O–H groups in total. The number of imide groups is 2. The molecule has 3 aromatic carbocycles. The SMILES string of the molecule is CN(C)c1c([N+](=O)[O-])cc(N2C(=O)[C@H]3[C@H](CC=C4[C@H]3C[C@H]3C(=O)N(c5ccc(F)c(Cl)c5)C(=O)[C@@]3(C)[C@H]4c3cccc(F)c3O)C2=O)cc1[N+](=O)[O-]. The number of benzene rings is 3. The van der Waals surface area contributed by atoms with Crippen LogP contribution in [0.1, 0.15) is 31.2 Å². The molecule has 268 valence electrons. The zero-order chi connectivity index (χ0) is 37.7. The second-order valence-electron chi connectivity index (χ2n) is 13.7. The van der Waals surface area contributed by atoms with Crippen molar-refractivity contribution in [2.45, 2.75) is 25.7 Å². The summed E-state index contributed by atoms with van der Waals surface area (Å²) in [6, 6.07) is 8.86. The lowest BCUT2D eigenvalue weighted by Gasteiger charge is -2.49. The van der Waals surface area contributed by atoms with Crippen molar-refractivity contribution in [3.8, 4) is 5.75 Å². The molecule has 14 nitrogen and oxygen atoms in total. The summed E-state index contributed by atoms with van der Waals surface area (Å²) in [5, 5.41) is 34.8. The normalized spacial score (nSPS) is 26.6. The number of phenolic OH excluding ortho intramolecular Hbond substituents is 1. The van der Waals surface area contributed by atoms with Gasteiger partial charge < -0.3 is 10.0 Å². The molecule has 3 fully saturated rings. The summed E-state index contributed by atoms with van der Waals surface area (Å²) in [7, 11) is 2.74. The van der Waals surface area contributed by atoms with Gasteiger partial charge in [0.2, 0.25) is 23.6 Å². The van der Waals surface area contributed by atoms with Gasteiger partial charge in [-0.3, -0.25) is 39.4 Å². The molecule has 2 heterocycles. The third-order valence-corrected chi connectivity index (χ3v) is 11.2. The number of carbonyl (C=O) groups is 4. The number of nitro benzene ring substituents is 2. The highest BCUT2D eigenvalue weighted by Gasteiger charge is 2.68. The summed E-state index contributed by atoms with van der Waals surface area (Å²) < 4.78 is 29.1. The molecule has 1 saturated carbocycles. The number of carbonyl (C=O) groups excluding carboxylic acids is 4. The number of anilines is 3. The highest BCUT2D eigenvalue weighted by molar-refractivity contribution is 6.32. The third kappa shape index (κ3) is 4.73. The van der Waals surface area contributed by atoms with Crippen LogP contribution in [-0.2, 0) is 19.2 Å². The van der Waals surface area contributed by atoms with E-state index >= 15 is 0 Å². The molecule has 2 aliphatic carbocycles. The molecule has 0 unspecified atom stereocenters. The van der Waals surface area contributed by atoms with Crippen molar-refractivity contribution in [2.24, 2.45) is 29.1 Å². The summed E-state index contributed by atoms with van der Waals surface area (Å²) in [5.41, 5.74) is -3.51. The quantitative estimate of drug-likeness (QED) is 0.144. The first kappa shape index (κ1) is 34.7. The fourth-order valence-electron chi connectivity index (χ4n) is 8.70. The zero-order valence-electron chi connectivity index (χ0n) is 27.6. The van der Waals surface area contributed by atoms with Crippen LogP contribution in [0.25, 0.3) is 0 Å². The van der Waals surface area contributed by atoms with Crippen LogP contribution in [0.15, 0.2) is 60.2 Å². The first-order valence-electron chi connectivity index (χ1n) is 16.0. The third-order valence-electron chi connectivity index (χ3n) is 10.9. The van der Waals surface area contributed by atoms with Crippen molar-refractivity contribution >= 4 is 63.7 Å². The van der Waals surface area contributed by atoms with E-state index in [0.29, 0.717) is 10.5 Å². The van der Waals surface area contributed by atoms with Crippen molar-refractivity contribution in [1.82, 2.24) is 0 Å². The molecule has 0 bridgehead atoms. The fourth-order valence-corrected chi connectivity index (χ4v) is 8.88. The first-order chi connectivity index (χ1) is 24.5. The Morgan fingerprint density at radius 3 is 2.13 bits per heavy atom. The van der Waals surface area contributed by atoms with Crippen LogP contribution in [0.2, 0.25) is 5.02 Å². The maximum absolute atomic E-state index is 15.0. The van der Waals surface area contributed by atoms with E-state index in [2.05, 4.69) is 0 Å². The van der Waals surface area contributed by atoms with Crippen molar-refractivity contribution in [2.75, 3.05) is 28.8 Å². The van der Waals surface area contributed by atoms with E-state index in [1.165, 1.54) is 44.1 Å². The number of amides is 4. The molecule has 7 rings (SSSR count). The second-order valence-corrected chi connectivity index (χ2v) is 14.1. The Bertz CT molecular complexity index is 2180. The average Bonchev–Trinajstić information content (AvgIpc) is 3.46. The molecule has 52 heavy (non-hydrogen) atoms. The number of halogens is 3. The van der Waals surface area contributed by atoms with E-state index in [1.54, 1.807) is 6.08 Å². The molecule has 6 atom stereocenters. The van der Waals surface area contributed by atoms with Gasteiger partial charge in [0.05, 0.1) is 49.4 Å². The van der Waals surface area contributed by atoms with E-state index in [-0.39, 0.29) is 40.5 Å². The minimum absolute atomic E-state index is 0.0308.